The predicted octanol–water partition coefficient (Wildman–Crippen LogP) is 3.17. The van der Waals surface area contributed by atoms with Crippen LogP contribution >= 0.6 is 15.9 Å². The Morgan fingerprint density at radius 2 is 1.88 bits per heavy atom. The van der Waals surface area contributed by atoms with Gasteiger partial charge in [-0.2, -0.15) is 4.98 Å². The molecule has 0 unspecified atom stereocenters. The first-order chi connectivity index (χ1) is 7.99. The lowest BCUT2D eigenvalue weighted by molar-refractivity contribution is 0.0541. The van der Waals surface area contributed by atoms with Gasteiger partial charge in [-0.25, -0.2) is 4.98 Å². The lowest BCUT2D eigenvalue weighted by Crippen LogP contribution is -2.12. The van der Waals surface area contributed by atoms with Crippen molar-refractivity contribution in [3.8, 4) is 5.88 Å². The van der Waals surface area contributed by atoms with Crippen molar-refractivity contribution in [1.82, 2.24) is 9.97 Å². The average Bonchev–Trinajstić information content (AvgIpc) is 2.23. The zero-order chi connectivity index (χ0) is 12.8. The van der Waals surface area contributed by atoms with E-state index in [4.69, 9.17) is 9.47 Å². The van der Waals surface area contributed by atoms with Crippen LogP contribution in [0.2, 0.25) is 0 Å². The number of hydrogen-bond donors (Lipinski definition) is 0. The average molecular weight is 303 g/mol. The maximum absolute atomic E-state index is 5.52. The minimum absolute atomic E-state index is 0.224. The third-order valence-electron chi connectivity index (χ3n) is 1.99. The quantitative estimate of drug-likeness (QED) is 0.598. The van der Waals surface area contributed by atoms with E-state index >= 15 is 0 Å². The summed E-state index contributed by atoms with van der Waals surface area (Å²) in [5, 5.41) is 0. The zero-order valence-electron chi connectivity index (χ0n) is 10.7. The molecule has 0 bridgehead atoms. The molecule has 1 aromatic heterocycles. The van der Waals surface area contributed by atoms with Crippen molar-refractivity contribution in [3.63, 3.8) is 0 Å². The summed E-state index contributed by atoms with van der Waals surface area (Å²) in [5.41, 5.74) is 0. The Labute approximate surface area is 111 Å². The first-order valence-corrected chi connectivity index (χ1v) is 6.57. The lowest BCUT2D eigenvalue weighted by Gasteiger charge is -2.10. The minimum Gasteiger partial charge on any atom is -0.475 e. The predicted molar refractivity (Wildman–Crippen MR) is 70.4 cm³/mol. The molecule has 0 saturated heterocycles. The van der Waals surface area contributed by atoms with Gasteiger partial charge in [-0.15, -0.1) is 0 Å². The van der Waals surface area contributed by atoms with Gasteiger partial charge >= 0.3 is 0 Å². The van der Waals surface area contributed by atoms with Crippen molar-refractivity contribution >= 4 is 15.9 Å². The highest BCUT2D eigenvalue weighted by atomic mass is 79.9. The van der Waals surface area contributed by atoms with Gasteiger partial charge in [-0.3, -0.25) is 0 Å². The largest absolute Gasteiger partial charge is 0.475 e. The van der Waals surface area contributed by atoms with Gasteiger partial charge < -0.3 is 9.47 Å². The maximum atomic E-state index is 5.52. The molecular weight excluding hydrogens is 284 g/mol. The minimum atomic E-state index is 0.224. The number of nitrogens with zero attached hydrogens (tertiary/aromatic N) is 2. The van der Waals surface area contributed by atoms with Crippen LogP contribution < -0.4 is 4.74 Å². The van der Waals surface area contributed by atoms with Crippen LogP contribution in [-0.4, -0.2) is 29.3 Å². The Morgan fingerprint density at radius 1 is 1.18 bits per heavy atom. The van der Waals surface area contributed by atoms with E-state index in [2.05, 4.69) is 25.9 Å². The van der Waals surface area contributed by atoms with Crippen LogP contribution in [-0.2, 0) is 4.74 Å². The van der Waals surface area contributed by atoms with Crippen molar-refractivity contribution in [1.29, 1.82) is 0 Å². The fraction of sp³-hybridized carbons (Fsp3) is 0.667. The number of rotatable bonds is 6. The summed E-state index contributed by atoms with van der Waals surface area (Å²) >= 11 is 3.35. The summed E-state index contributed by atoms with van der Waals surface area (Å²) in [6.07, 6.45) is 0.224. The van der Waals surface area contributed by atoms with E-state index < -0.39 is 0 Å². The molecule has 1 aromatic rings. The summed E-state index contributed by atoms with van der Waals surface area (Å²) in [5.74, 6) is 1.64. The first-order valence-electron chi connectivity index (χ1n) is 5.78. The third-order valence-corrected chi connectivity index (χ3v) is 2.40. The molecule has 4 nitrogen and oxygen atoms in total. The van der Waals surface area contributed by atoms with Crippen LogP contribution in [0.1, 0.15) is 39.4 Å². The highest BCUT2D eigenvalue weighted by molar-refractivity contribution is 9.10. The second-order valence-electron chi connectivity index (χ2n) is 4.31. The van der Waals surface area contributed by atoms with E-state index in [0.29, 0.717) is 19.1 Å². The summed E-state index contributed by atoms with van der Waals surface area (Å²) in [6, 6.07) is 1.77. The molecule has 5 heteroatoms. The smallest absolute Gasteiger partial charge is 0.217 e. The van der Waals surface area contributed by atoms with Crippen molar-refractivity contribution in [2.24, 2.45) is 0 Å². The van der Waals surface area contributed by atoms with Gasteiger partial charge in [-0.05, 0) is 29.8 Å². The Kier molecular flexibility index (Phi) is 5.85. The summed E-state index contributed by atoms with van der Waals surface area (Å²) in [4.78, 5) is 8.61. The van der Waals surface area contributed by atoms with Crippen LogP contribution in [0.5, 0.6) is 5.88 Å². The molecule has 96 valence electrons. The third kappa shape index (κ3) is 5.46. The van der Waals surface area contributed by atoms with Crippen LogP contribution in [0.4, 0.5) is 0 Å². The van der Waals surface area contributed by atoms with Gasteiger partial charge in [0.2, 0.25) is 5.88 Å². The SMILES string of the molecule is CC(C)OCCOc1cc(Br)nc(C(C)C)n1. The van der Waals surface area contributed by atoms with Crippen LogP contribution in [0.25, 0.3) is 0 Å². The highest BCUT2D eigenvalue weighted by Gasteiger charge is 2.07. The summed E-state index contributed by atoms with van der Waals surface area (Å²) in [6.45, 7) is 9.16. The topological polar surface area (TPSA) is 44.2 Å². The normalized spacial score (nSPS) is 11.2. The highest BCUT2D eigenvalue weighted by Crippen LogP contribution is 2.18. The van der Waals surface area contributed by atoms with Gasteiger partial charge in [0.05, 0.1) is 12.7 Å². The molecule has 0 aromatic carbocycles. The summed E-state index contributed by atoms with van der Waals surface area (Å²) in [7, 11) is 0. The van der Waals surface area contributed by atoms with Crippen molar-refractivity contribution in [3.05, 3.63) is 16.5 Å². The van der Waals surface area contributed by atoms with Crippen molar-refractivity contribution < 1.29 is 9.47 Å². The van der Waals surface area contributed by atoms with Crippen molar-refractivity contribution in [2.45, 2.75) is 39.7 Å². The molecule has 0 fully saturated rings. The Morgan fingerprint density at radius 3 is 2.47 bits per heavy atom. The molecule has 0 amide bonds. The van der Waals surface area contributed by atoms with Gasteiger partial charge in [-0.1, -0.05) is 13.8 Å². The van der Waals surface area contributed by atoms with E-state index in [0.717, 1.165) is 10.4 Å². The van der Waals surface area contributed by atoms with Crippen LogP contribution in [0, 0.1) is 0 Å². The molecule has 0 aliphatic rings. The van der Waals surface area contributed by atoms with E-state index in [-0.39, 0.29) is 12.0 Å². The first kappa shape index (κ1) is 14.4. The molecule has 1 heterocycles. The Balaban J connectivity index is 2.53. The monoisotopic (exact) mass is 302 g/mol. The molecule has 0 atom stereocenters. The molecule has 0 spiro atoms. The standard InChI is InChI=1S/C12H19BrN2O2/c1-8(2)12-14-10(13)7-11(15-12)17-6-5-16-9(3)4/h7-9H,5-6H2,1-4H3. The van der Waals surface area contributed by atoms with Crippen molar-refractivity contribution in [2.75, 3.05) is 13.2 Å². The van der Waals surface area contributed by atoms with E-state index in [1.54, 1.807) is 6.07 Å². The summed E-state index contributed by atoms with van der Waals surface area (Å²) < 4.78 is 11.7. The Hall–Kier alpha value is -0.680. The fourth-order valence-electron chi connectivity index (χ4n) is 1.18. The molecule has 17 heavy (non-hydrogen) atoms. The van der Waals surface area contributed by atoms with E-state index in [1.165, 1.54) is 0 Å². The van der Waals surface area contributed by atoms with Gasteiger partial charge in [0.15, 0.2) is 0 Å². The Bertz CT molecular complexity index is 356. The molecule has 0 aliphatic heterocycles. The van der Waals surface area contributed by atoms with Gasteiger partial charge in [0.25, 0.3) is 0 Å². The van der Waals surface area contributed by atoms with Crippen LogP contribution in [0.15, 0.2) is 10.7 Å². The number of hydrogen-bond acceptors (Lipinski definition) is 4. The number of halogens is 1. The lowest BCUT2D eigenvalue weighted by atomic mass is 10.2. The van der Waals surface area contributed by atoms with Gasteiger partial charge in [0, 0.05) is 12.0 Å². The molecule has 0 N–H and O–H groups in total. The van der Waals surface area contributed by atoms with E-state index in [1.807, 2.05) is 27.7 Å². The maximum Gasteiger partial charge on any atom is 0.217 e. The molecule has 0 radical (unpaired) electrons. The van der Waals surface area contributed by atoms with E-state index in [9.17, 15) is 0 Å². The van der Waals surface area contributed by atoms with Gasteiger partial charge in [0.1, 0.15) is 17.0 Å². The fourth-order valence-corrected chi connectivity index (χ4v) is 1.55. The molecule has 0 aliphatic carbocycles. The number of ether oxygens (including phenoxy) is 2. The molecule has 0 saturated carbocycles. The second kappa shape index (κ2) is 6.91. The second-order valence-corrected chi connectivity index (χ2v) is 5.12. The zero-order valence-corrected chi connectivity index (χ0v) is 12.3. The van der Waals surface area contributed by atoms with Crippen LogP contribution in [0.3, 0.4) is 0 Å². The molecular formula is C12H19BrN2O2. The number of aromatic nitrogens is 2. The molecule has 1 rings (SSSR count).